The summed E-state index contributed by atoms with van der Waals surface area (Å²) in [6.07, 6.45) is 1.56. The van der Waals surface area contributed by atoms with Crippen molar-refractivity contribution in [2.75, 3.05) is 0 Å². The van der Waals surface area contributed by atoms with Crippen LogP contribution in [0.4, 0.5) is 5.69 Å². The summed E-state index contributed by atoms with van der Waals surface area (Å²) in [6.45, 7) is 0.284. The van der Waals surface area contributed by atoms with E-state index in [1.807, 2.05) is 66.7 Å². The summed E-state index contributed by atoms with van der Waals surface area (Å²) in [5.41, 5.74) is 7.10. The standard InChI is InChI=1S/C30H22N4O4/c35-30(27-18-29(23-6-2-1-3-7-23)32-28-9-5-4-8-26(27)28)33-31-19-21-12-16-25(17-13-21)38-20-22-10-14-24(15-11-22)34(36)37/h1-19H,20H2,(H,33,35)/b31-19+. The van der Waals surface area contributed by atoms with Gasteiger partial charge < -0.3 is 4.74 Å². The fourth-order valence-electron chi connectivity index (χ4n) is 3.88. The van der Waals surface area contributed by atoms with Crippen molar-refractivity contribution in [2.45, 2.75) is 6.61 Å². The number of ether oxygens (including phenoxy) is 1. The van der Waals surface area contributed by atoms with E-state index in [9.17, 15) is 14.9 Å². The predicted octanol–water partition coefficient (Wildman–Crippen LogP) is 6.15. The monoisotopic (exact) mass is 502 g/mol. The molecule has 5 aromatic rings. The zero-order valence-electron chi connectivity index (χ0n) is 20.2. The summed E-state index contributed by atoms with van der Waals surface area (Å²) in [4.78, 5) is 28.1. The topological polar surface area (TPSA) is 107 Å². The van der Waals surface area contributed by atoms with Crippen molar-refractivity contribution in [1.29, 1.82) is 0 Å². The minimum absolute atomic E-state index is 0.0400. The summed E-state index contributed by atoms with van der Waals surface area (Å²) in [6, 6.07) is 32.4. The summed E-state index contributed by atoms with van der Waals surface area (Å²) in [5, 5.41) is 15.6. The van der Waals surface area contributed by atoms with E-state index in [-0.39, 0.29) is 18.2 Å². The Kier molecular flexibility index (Phi) is 7.13. The van der Waals surface area contributed by atoms with Crippen molar-refractivity contribution >= 4 is 28.7 Å². The fourth-order valence-corrected chi connectivity index (χ4v) is 3.88. The Morgan fingerprint density at radius 1 is 0.921 bits per heavy atom. The lowest BCUT2D eigenvalue weighted by Crippen LogP contribution is -2.18. The van der Waals surface area contributed by atoms with Gasteiger partial charge in [-0.2, -0.15) is 5.10 Å². The Morgan fingerprint density at radius 2 is 1.63 bits per heavy atom. The SMILES string of the molecule is O=C(N/N=C/c1ccc(OCc2ccc([N+](=O)[O-])cc2)cc1)c1cc(-c2ccccc2)nc2ccccc12. The van der Waals surface area contributed by atoms with Gasteiger partial charge in [-0.05, 0) is 59.7 Å². The average Bonchev–Trinajstić information content (AvgIpc) is 2.96. The van der Waals surface area contributed by atoms with E-state index in [0.29, 0.717) is 17.0 Å². The predicted molar refractivity (Wildman–Crippen MR) is 146 cm³/mol. The first-order valence-electron chi connectivity index (χ1n) is 11.8. The number of hydrogen-bond acceptors (Lipinski definition) is 6. The number of benzene rings is 4. The van der Waals surface area contributed by atoms with E-state index >= 15 is 0 Å². The first kappa shape index (κ1) is 24.3. The number of fused-ring (bicyclic) bond motifs is 1. The minimum atomic E-state index is -0.436. The van der Waals surface area contributed by atoms with Gasteiger partial charge in [0.2, 0.25) is 0 Å². The number of carbonyl (C=O) groups is 1. The molecule has 1 N–H and O–H groups in total. The van der Waals surface area contributed by atoms with Gasteiger partial charge in [-0.3, -0.25) is 14.9 Å². The van der Waals surface area contributed by atoms with E-state index in [2.05, 4.69) is 10.5 Å². The van der Waals surface area contributed by atoms with Gasteiger partial charge in [-0.1, -0.05) is 48.5 Å². The number of pyridine rings is 1. The van der Waals surface area contributed by atoms with Crippen molar-refractivity contribution in [3.05, 3.63) is 136 Å². The molecule has 0 saturated heterocycles. The molecule has 8 heteroatoms. The number of amides is 1. The Balaban J connectivity index is 1.24. The zero-order valence-corrected chi connectivity index (χ0v) is 20.2. The molecule has 1 heterocycles. The molecule has 38 heavy (non-hydrogen) atoms. The quantitative estimate of drug-likeness (QED) is 0.156. The average molecular weight is 503 g/mol. The second-order valence-corrected chi connectivity index (χ2v) is 8.42. The molecule has 4 aromatic carbocycles. The van der Waals surface area contributed by atoms with Crippen molar-refractivity contribution in [2.24, 2.45) is 5.10 Å². The number of carbonyl (C=O) groups excluding carboxylic acids is 1. The van der Waals surface area contributed by atoms with Crippen LogP contribution in [0.2, 0.25) is 0 Å². The third-order valence-electron chi connectivity index (χ3n) is 5.84. The third-order valence-corrected chi connectivity index (χ3v) is 5.84. The van der Waals surface area contributed by atoms with Gasteiger partial charge in [0.15, 0.2) is 0 Å². The smallest absolute Gasteiger partial charge is 0.272 e. The molecule has 0 fully saturated rings. The van der Waals surface area contributed by atoms with Crippen LogP contribution in [0, 0.1) is 10.1 Å². The molecule has 8 nitrogen and oxygen atoms in total. The molecule has 0 saturated carbocycles. The highest BCUT2D eigenvalue weighted by Crippen LogP contribution is 2.25. The van der Waals surface area contributed by atoms with E-state index in [1.54, 1.807) is 36.5 Å². The third kappa shape index (κ3) is 5.71. The molecule has 1 amide bonds. The molecular weight excluding hydrogens is 480 g/mol. The summed E-state index contributed by atoms with van der Waals surface area (Å²) >= 11 is 0. The molecule has 0 spiro atoms. The molecule has 0 unspecified atom stereocenters. The normalized spacial score (nSPS) is 10.9. The second kappa shape index (κ2) is 11.1. The molecular formula is C30H22N4O4. The number of hydrogen-bond donors (Lipinski definition) is 1. The highest BCUT2D eigenvalue weighted by Gasteiger charge is 2.13. The lowest BCUT2D eigenvalue weighted by Gasteiger charge is -2.09. The maximum Gasteiger partial charge on any atom is 0.272 e. The summed E-state index contributed by atoms with van der Waals surface area (Å²) < 4.78 is 5.75. The van der Waals surface area contributed by atoms with Crippen LogP contribution in [0.5, 0.6) is 5.75 Å². The number of nitrogens with one attached hydrogen (secondary N) is 1. The van der Waals surface area contributed by atoms with Crippen LogP contribution in [-0.2, 0) is 6.61 Å². The summed E-state index contributed by atoms with van der Waals surface area (Å²) in [5.74, 6) is 0.307. The second-order valence-electron chi connectivity index (χ2n) is 8.42. The van der Waals surface area contributed by atoms with E-state index in [0.717, 1.165) is 27.6 Å². The van der Waals surface area contributed by atoms with Gasteiger partial charge in [0.05, 0.1) is 27.9 Å². The number of para-hydroxylation sites is 1. The van der Waals surface area contributed by atoms with Gasteiger partial charge in [-0.25, -0.2) is 10.4 Å². The molecule has 0 radical (unpaired) electrons. The van der Waals surface area contributed by atoms with Gasteiger partial charge >= 0.3 is 0 Å². The molecule has 0 aliphatic rings. The Hall–Kier alpha value is -5.37. The molecule has 5 rings (SSSR count). The maximum atomic E-state index is 13.1. The number of non-ortho nitro benzene ring substituents is 1. The van der Waals surface area contributed by atoms with Crippen LogP contribution in [0.1, 0.15) is 21.5 Å². The molecule has 186 valence electrons. The van der Waals surface area contributed by atoms with Gasteiger partial charge in [0, 0.05) is 23.1 Å². The summed E-state index contributed by atoms with van der Waals surface area (Å²) in [7, 11) is 0. The van der Waals surface area contributed by atoms with E-state index in [4.69, 9.17) is 9.72 Å². The van der Waals surface area contributed by atoms with Gasteiger partial charge in [-0.15, -0.1) is 0 Å². The highest BCUT2D eigenvalue weighted by atomic mass is 16.6. The molecule has 0 aliphatic heterocycles. The first-order chi connectivity index (χ1) is 18.6. The Bertz CT molecular complexity index is 1620. The largest absolute Gasteiger partial charge is 0.489 e. The molecule has 0 atom stereocenters. The first-order valence-corrected chi connectivity index (χ1v) is 11.8. The molecule has 0 aliphatic carbocycles. The van der Waals surface area contributed by atoms with Crippen molar-refractivity contribution in [3.63, 3.8) is 0 Å². The number of nitro benzene ring substituents is 1. The van der Waals surface area contributed by atoms with Gasteiger partial charge in [0.1, 0.15) is 12.4 Å². The van der Waals surface area contributed by atoms with Crippen LogP contribution in [-0.4, -0.2) is 22.0 Å². The van der Waals surface area contributed by atoms with Crippen LogP contribution in [0.25, 0.3) is 22.2 Å². The van der Waals surface area contributed by atoms with E-state index < -0.39 is 4.92 Å². The van der Waals surface area contributed by atoms with Gasteiger partial charge in [0.25, 0.3) is 11.6 Å². The number of aromatic nitrogens is 1. The van der Waals surface area contributed by atoms with Crippen LogP contribution >= 0.6 is 0 Å². The molecule has 1 aromatic heterocycles. The lowest BCUT2D eigenvalue weighted by atomic mass is 10.0. The van der Waals surface area contributed by atoms with Crippen molar-refractivity contribution < 1.29 is 14.5 Å². The number of rotatable bonds is 8. The number of nitrogens with zero attached hydrogens (tertiary/aromatic N) is 3. The Morgan fingerprint density at radius 3 is 2.37 bits per heavy atom. The van der Waals surface area contributed by atoms with E-state index in [1.165, 1.54) is 12.1 Å². The van der Waals surface area contributed by atoms with Crippen LogP contribution in [0.15, 0.2) is 114 Å². The van der Waals surface area contributed by atoms with Crippen molar-refractivity contribution in [3.8, 4) is 17.0 Å². The lowest BCUT2D eigenvalue weighted by molar-refractivity contribution is -0.384. The van der Waals surface area contributed by atoms with Crippen LogP contribution in [0.3, 0.4) is 0 Å². The van der Waals surface area contributed by atoms with Crippen LogP contribution < -0.4 is 10.2 Å². The minimum Gasteiger partial charge on any atom is -0.489 e. The molecule has 0 bridgehead atoms. The highest BCUT2D eigenvalue weighted by molar-refractivity contribution is 6.07. The van der Waals surface area contributed by atoms with Crippen molar-refractivity contribution in [1.82, 2.24) is 10.4 Å². The zero-order chi connectivity index (χ0) is 26.3. The Labute approximate surface area is 218 Å². The fraction of sp³-hybridized carbons (Fsp3) is 0.0333. The number of nitro groups is 1. The maximum absolute atomic E-state index is 13.1. The number of hydrazone groups is 1.